The molecule has 2 N–H and O–H groups in total. The predicted octanol–water partition coefficient (Wildman–Crippen LogP) is 1.45. The molecule has 0 aromatic heterocycles. The normalized spacial score (nSPS) is 19.6. The molecule has 0 radical (unpaired) electrons. The summed E-state index contributed by atoms with van der Waals surface area (Å²) >= 11 is 0. The molecule has 100 valence electrons. The smallest absolute Gasteiger partial charge is 0.234 e. The monoisotopic (exact) mass is 242 g/mol. The molecule has 1 rings (SSSR count). The third kappa shape index (κ3) is 6.64. The van der Waals surface area contributed by atoms with Gasteiger partial charge >= 0.3 is 0 Å². The summed E-state index contributed by atoms with van der Waals surface area (Å²) in [5.41, 5.74) is 0. The molecule has 1 atom stereocenters. The molecule has 0 saturated heterocycles. The Bertz CT molecular complexity index is 213. The van der Waals surface area contributed by atoms with Gasteiger partial charge < -0.3 is 15.4 Å². The molecule has 0 bridgehead atoms. The molecule has 0 aromatic rings. The Kier molecular flexibility index (Phi) is 7.21. The fourth-order valence-corrected chi connectivity index (χ4v) is 2.17. The Balaban J connectivity index is 2.10. The number of ether oxygens (including phenoxy) is 1. The molecule has 1 fully saturated rings. The molecule has 1 unspecified atom stereocenters. The highest BCUT2D eigenvalue weighted by molar-refractivity contribution is 5.78. The van der Waals surface area contributed by atoms with E-state index in [4.69, 9.17) is 4.74 Å². The van der Waals surface area contributed by atoms with E-state index in [0.717, 1.165) is 12.8 Å². The van der Waals surface area contributed by atoms with Crippen molar-refractivity contribution in [3.05, 3.63) is 0 Å². The van der Waals surface area contributed by atoms with Gasteiger partial charge in [0.2, 0.25) is 5.91 Å². The van der Waals surface area contributed by atoms with Crippen LogP contribution in [0.3, 0.4) is 0 Å². The van der Waals surface area contributed by atoms with E-state index in [1.165, 1.54) is 25.7 Å². The van der Waals surface area contributed by atoms with Crippen LogP contribution in [-0.2, 0) is 9.53 Å². The minimum Gasteiger partial charge on any atom is -0.380 e. The van der Waals surface area contributed by atoms with Crippen LogP contribution in [-0.4, -0.2) is 38.3 Å². The lowest BCUT2D eigenvalue weighted by Gasteiger charge is -2.17. The highest BCUT2D eigenvalue weighted by atomic mass is 16.5. The van der Waals surface area contributed by atoms with Gasteiger partial charge in [-0.05, 0) is 19.8 Å². The first kappa shape index (κ1) is 14.5. The Labute approximate surface area is 104 Å². The van der Waals surface area contributed by atoms with Crippen molar-refractivity contribution in [2.24, 2.45) is 0 Å². The third-order valence-electron chi connectivity index (χ3n) is 3.34. The van der Waals surface area contributed by atoms with Crippen LogP contribution in [0.2, 0.25) is 0 Å². The zero-order valence-electron chi connectivity index (χ0n) is 11.1. The summed E-state index contributed by atoms with van der Waals surface area (Å²) in [5.74, 6) is 0.111. The van der Waals surface area contributed by atoms with Gasteiger partial charge in [0, 0.05) is 19.7 Å². The van der Waals surface area contributed by atoms with Crippen LogP contribution in [0.4, 0.5) is 0 Å². The average Bonchev–Trinajstić information content (AvgIpc) is 2.57. The number of hydrogen-bond donors (Lipinski definition) is 2. The first-order valence-electron chi connectivity index (χ1n) is 6.75. The second-order valence-electron chi connectivity index (χ2n) is 4.93. The number of amides is 1. The van der Waals surface area contributed by atoms with Crippen molar-refractivity contribution < 1.29 is 9.53 Å². The van der Waals surface area contributed by atoms with Gasteiger partial charge in [-0.25, -0.2) is 0 Å². The van der Waals surface area contributed by atoms with E-state index in [1.807, 2.05) is 6.92 Å². The molecule has 0 heterocycles. The first-order chi connectivity index (χ1) is 8.22. The number of methoxy groups -OCH3 is 1. The van der Waals surface area contributed by atoms with E-state index in [9.17, 15) is 4.79 Å². The topological polar surface area (TPSA) is 50.4 Å². The maximum Gasteiger partial charge on any atom is 0.234 e. The lowest BCUT2D eigenvalue weighted by molar-refractivity contribution is -0.121. The van der Waals surface area contributed by atoms with E-state index in [1.54, 1.807) is 7.11 Å². The quantitative estimate of drug-likeness (QED) is 0.693. The van der Waals surface area contributed by atoms with Gasteiger partial charge in [-0.2, -0.15) is 0 Å². The first-order valence-corrected chi connectivity index (χ1v) is 6.75. The van der Waals surface area contributed by atoms with Crippen molar-refractivity contribution in [2.45, 2.75) is 57.6 Å². The molecule has 1 aliphatic carbocycles. The molecule has 17 heavy (non-hydrogen) atoms. The fraction of sp³-hybridized carbons (Fsp3) is 0.923. The summed E-state index contributed by atoms with van der Waals surface area (Å²) in [6, 6.07) is 0.395. The number of carbonyl (C=O) groups excluding carboxylic acids is 1. The second-order valence-corrected chi connectivity index (χ2v) is 4.93. The molecule has 0 aromatic carbocycles. The number of hydrogen-bond acceptors (Lipinski definition) is 3. The van der Waals surface area contributed by atoms with Crippen molar-refractivity contribution in [1.82, 2.24) is 10.6 Å². The van der Waals surface area contributed by atoms with Crippen LogP contribution in [0.1, 0.15) is 45.4 Å². The summed E-state index contributed by atoms with van der Waals surface area (Å²) in [5, 5.41) is 6.21. The maximum absolute atomic E-state index is 11.7. The van der Waals surface area contributed by atoms with Crippen LogP contribution in [0.25, 0.3) is 0 Å². The SMILES string of the molecule is COC(C)CNCC(=O)NC1CCCCCC1. The van der Waals surface area contributed by atoms with Crippen molar-refractivity contribution in [3.8, 4) is 0 Å². The zero-order chi connectivity index (χ0) is 12.5. The Morgan fingerprint density at radius 3 is 2.53 bits per heavy atom. The van der Waals surface area contributed by atoms with Crippen molar-refractivity contribution in [3.63, 3.8) is 0 Å². The van der Waals surface area contributed by atoms with Gasteiger partial charge in [-0.1, -0.05) is 25.7 Å². The fourth-order valence-electron chi connectivity index (χ4n) is 2.17. The molecular formula is C13H26N2O2. The Morgan fingerprint density at radius 2 is 1.94 bits per heavy atom. The van der Waals surface area contributed by atoms with Gasteiger partial charge in [0.1, 0.15) is 0 Å². The highest BCUT2D eigenvalue weighted by Gasteiger charge is 2.14. The number of rotatable bonds is 6. The zero-order valence-corrected chi connectivity index (χ0v) is 11.1. The molecule has 4 heteroatoms. The molecule has 4 nitrogen and oxygen atoms in total. The standard InChI is InChI=1S/C13H26N2O2/c1-11(17-2)9-14-10-13(16)15-12-7-5-3-4-6-8-12/h11-12,14H,3-10H2,1-2H3,(H,15,16). The maximum atomic E-state index is 11.7. The van der Waals surface area contributed by atoms with E-state index in [0.29, 0.717) is 19.1 Å². The Hall–Kier alpha value is -0.610. The lowest BCUT2D eigenvalue weighted by Crippen LogP contribution is -2.41. The lowest BCUT2D eigenvalue weighted by atomic mass is 10.1. The second kappa shape index (κ2) is 8.48. The van der Waals surface area contributed by atoms with E-state index >= 15 is 0 Å². The van der Waals surface area contributed by atoms with Crippen molar-refractivity contribution in [2.75, 3.05) is 20.2 Å². The molecule has 0 spiro atoms. The highest BCUT2D eigenvalue weighted by Crippen LogP contribution is 2.16. The summed E-state index contributed by atoms with van der Waals surface area (Å²) in [7, 11) is 1.68. The number of nitrogens with one attached hydrogen (secondary N) is 2. The van der Waals surface area contributed by atoms with Gasteiger partial charge in [0.25, 0.3) is 0 Å². The molecule has 1 saturated carbocycles. The summed E-state index contributed by atoms with van der Waals surface area (Å²) < 4.78 is 5.10. The minimum atomic E-state index is 0.111. The van der Waals surface area contributed by atoms with Crippen LogP contribution in [0.15, 0.2) is 0 Å². The third-order valence-corrected chi connectivity index (χ3v) is 3.34. The average molecular weight is 242 g/mol. The van der Waals surface area contributed by atoms with Crippen LogP contribution < -0.4 is 10.6 Å². The van der Waals surface area contributed by atoms with Gasteiger partial charge in [-0.15, -0.1) is 0 Å². The molecular weight excluding hydrogens is 216 g/mol. The predicted molar refractivity (Wildman–Crippen MR) is 69.0 cm³/mol. The largest absolute Gasteiger partial charge is 0.380 e. The van der Waals surface area contributed by atoms with Crippen LogP contribution in [0, 0.1) is 0 Å². The number of carbonyl (C=O) groups is 1. The van der Waals surface area contributed by atoms with E-state index in [2.05, 4.69) is 10.6 Å². The van der Waals surface area contributed by atoms with Gasteiger partial charge in [0.15, 0.2) is 0 Å². The van der Waals surface area contributed by atoms with Crippen LogP contribution in [0.5, 0.6) is 0 Å². The molecule has 1 aliphatic rings. The summed E-state index contributed by atoms with van der Waals surface area (Å²) in [6.07, 6.45) is 7.56. The Morgan fingerprint density at radius 1 is 1.29 bits per heavy atom. The van der Waals surface area contributed by atoms with E-state index in [-0.39, 0.29) is 12.0 Å². The van der Waals surface area contributed by atoms with Crippen LogP contribution >= 0.6 is 0 Å². The molecule has 1 amide bonds. The summed E-state index contributed by atoms with van der Waals surface area (Å²) in [4.78, 5) is 11.7. The minimum absolute atomic E-state index is 0.111. The molecule has 0 aliphatic heterocycles. The van der Waals surface area contributed by atoms with Crippen molar-refractivity contribution in [1.29, 1.82) is 0 Å². The summed E-state index contributed by atoms with van der Waals surface area (Å²) in [6.45, 7) is 3.09. The van der Waals surface area contributed by atoms with Crippen molar-refractivity contribution >= 4 is 5.91 Å². The van der Waals surface area contributed by atoms with Gasteiger partial charge in [-0.3, -0.25) is 4.79 Å². The van der Waals surface area contributed by atoms with Gasteiger partial charge in [0.05, 0.1) is 12.6 Å². The van der Waals surface area contributed by atoms with E-state index < -0.39 is 0 Å².